The van der Waals surface area contributed by atoms with Crippen molar-refractivity contribution >= 4 is 21.6 Å². The van der Waals surface area contributed by atoms with Crippen LogP contribution in [0.5, 0.6) is 0 Å². The van der Waals surface area contributed by atoms with Crippen molar-refractivity contribution in [3.05, 3.63) is 29.8 Å². The Morgan fingerprint density at radius 1 is 1.03 bits per heavy atom. The predicted octanol–water partition coefficient (Wildman–Crippen LogP) is 1.76. The second kappa shape index (κ2) is 9.82. The van der Waals surface area contributed by atoms with E-state index in [9.17, 15) is 18.5 Å². The third kappa shape index (κ3) is 4.67. The Morgan fingerprint density at radius 2 is 1.76 bits per heavy atom. The van der Waals surface area contributed by atoms with Crippen LogP contribution in [-0.4, -0.2) is 61.5 Å². The number of fused-ring (bicyclic) bond motifs is 1. The highest BCUT2D eigenvalue weighted by atomic mass is 32.2. The molecule has 1 aliphatic carbocycles. The largest absolute Gasteiger partial charge is 0.368 e. The van der Waals surface area contributed by atoms with Crippen molar-refractivity contribution < 1.29 is 13.2 Å². The van der Waals surface area contributed by atoms with Gasteiger partial charge in [-0.25, -0.2) is 23.2 Å². The number of carbonyl (C=O) groups excluding carboxylic acids is 1. The molecule has 3 N–H and O–H groups in total. The summed E-state index contributed by atoms with van der Waals surface area (Å²) in [5.41, 5.74) is 5.13. The number of nitriles is 1. The highest BCUT2D eigenvalue weighted by Gasteiger charge is 2.51. The van der Waals surface area contributed by atoms with E-state index in [0.29, 0.717) is 19.6 Å². The lowest BCUT2D eigenvalue weighted by Crippen LogP contribution is -2.54. The Bertz CT molecular complexity index is 1030. The summed E-state index contributed by atoms with van der Waals surface area (Å²) in [7, 11) is -3.28. The van der Waals surface area contributed by atoms with Crippen LogP contribution in [-0.2, 0) is 20.6 Å². The molecule has 5 atom stereocenters. The second-order valence-corrected chi connectivity index (χ2v) is 11.9. The molecule has 3 saturated heterocycles. The fraction of sp³-hybridized carbons (Fsp3) is 0.667. The summed E-state index contributed by atoms with van der Waals surface area (Å²) in [5.74, 6) is -0.248. The molecule has 0 bridgehead atoms. The van der Waals surface area contributed by atoms with Crippen molar-refractivity contribution in [3.8, 4) is 6.07 Å². The number of carbonyl (C=O) groups is 1. The van der Waals surface area contributed by atoms with Crippen LogP contribution in [0.25, 0.3) is 0 Å². The molecule has 5 rings (SSSR count). The predicted molar refractivity (Wildman–Crippen MR) is 129 cm³/mol. The number of benzene rings is 1. The Morgan fingerprint density at radius 3 is 2.50 bits per heavy atom. The number of hydrazine groups is 1. The minimum atomic E-state index is -3.28. The zero-order chi connectivity index (χ0) is 23.7. The summed E-state index contributed by atoms with van der Waals surface area (Å²) in [5, 5.41) is 18.4. The van der Waals surface area contributed by atoms with Crippen LogP contribution in [0.15, 0.2) is 24.3 Å². The molecule has 1 amide bonds. The van der Waals surface area contributed by atoms with Crippen LogP contribution < -0.4 is 16.1 Å². The topological polar surface area (TPSA) is 118 Å². The third-order valence-corrected chi connectivity index (χ3v) is 9.65. The van der Waals surface area contributed by atoms with Crippen molar-refractivity contribution in [2.75, 3.05) is 25.0 Å². The summed E-state index contributed by atoms with van der Waals surface area (Å²) in [6.07, 6.45) is 6.47. The fourth-order valence-electron chi connectivity index (χ4n) is 6.04. The maximum atomic E-state index is 12.8. The molecule has 1 aromatic rings. The van der Waals surface area contributed by atoms with E-state index in [2.05, 4.69) is 27.1 Å². The SMILES string of the molecule is N#C[C@@H]1CCCC[C@H]1N1NC(Nc2ccc(CS(=O)(=O)N3CCCC3)cc2)C2C(=O)NCCC21. The van der Waals surface area contributed by atoms with Gasteiger partial charge in [-0.05, 0) is 49.8 Å². The molecule has 9 nitrogen and oxygen atoms in total. The second-order valence-electron chi connectivity index (χ2n) is 9.98. The highest BCUT2D eigenvalue weighted by Crippen LogP contribution is 2.36. The summed E-state index contributed by atoms with van der Waals surface area (Å²) < 4.78 is 26.8. The number of anilines is 1. The third-order valence-electron chi connectivity index (χ3n) is 7.80. The molecular formula is C24H34N6O3S. The van der Waals surface area contributed by atoms with Gasteiger partial charge in [-0.2, -0.15) is 5.26 Å². The lowest BCUT2D eigenvalue weighted by molar-refractivity contribution is -0.128. The Labute approximate surface area is 201 Å². The Hall–Kier alpha value is -2.19. The number of amides is 1. The maximum Gasteiger partial charge on any atom is 0.228 e. The van der Waals surface area contributed by atoms with Gasteiger partial charge in [0, 0.05) is 37.4 Å². The first kappa shape index (κ1) is 23.5. The summed E-state index contributed by atoms with van der Waals surface area (Å²) in [4.78, 5) is 12.8. The average Bonchev–Trinajstić information content (AvgIpc) is 3.50. The minimum Gasteiger partial charge on any atom is -0.368 e. The maximum absolute atomic E-state index is 12.8. The smallest absolute Gasteiger partial charge is 0.228 e. The lowest BCUT2D eigenvalue weighted by atomic mass is 9.83. The average molecular weight is 487 g/mol. The van der Waals surface area contributed by atoms with E-state index in [4.69, 9.17) is 0 Å². The van der Waals surface area contributed by atoms with Crippen molar-refractivity contribution in [3.63, 3.8) is 0 Å². The summed E-state index contributed by atoms with van der Waals surface area (Å²) in [6, 6.07) is 10.1. The molecule has 0 spiro atoms. The Balaban J connectivity index is 1.29. The number of piperidine rings is 1. The summed E-state index contributed by atoms with van der Waals surface area (Å²) >= 11 is 0. The molecule has 3 unspecified atom stereocenters. The summed E-state index contributed by atoms with van der Waals surface area (Å²) in [6.45, 7) is 1.88. The van der Waals surface area contributed by atoms with E-state index < -0.39 is 10.0 Å². The number of sulfonamides is 1. The van der Waals surface area contributed by atoms with E-state index >= 15 is 0 Å². The standard InChI is InChI=1S/C24H34N6O3S/c25-15-18-5-1-2-6-20(18)30-21-11-12-26-24(31)22(21)23(28-30)27-19-9-7-17(8-10-19)16-34(32,33)29-13-3-4-14-29/h7-10,18,20-23,27-28H,1-6,11-14,16H2,(H,26,31)/t18-,20+,21?,22?,23?/m0/s1. The number of nitrogens with one attached hydrogen (secondary N) is 3. The van der Waals surface area contributed by atoms with Crippen molar-refractivity contribution in [2.24, 2.45) is 11.8 Å². The van der Waals surface area contributed by atoms with Crippen LogP contribution in [0.4, 0.5) is 5.69 Å². The fourth-order valence-corrected chi connectivity index (χ4v) is 7.65. The zero-order valence-corrected chi connectivity index (χ0v) is 20.3. The highest BCUT2D eigenvalue weighted by molar-refractivity contribution is 7.88. The minimum absolute atomic E-state index is 0.00701. The molecule has 0 radical (unpaired) electrons. The normalized spacial score (nSPS) is 32.7. The van der Waals surface area contributed by atoms with Gasteiger partial charge in [-0.15, -0.1) is 0 Å². The van der Waals surface area contributed by atoms with E-state index in [0.717, 1.165) is 56.2 Å². The van der Waals surface area contributed by atoms with Crippen LogP contribution in [0, 0.1) is 23.2 Å². The molecule has 4 fully saturated rings. The van der Waals surface area contributed by atoms with E-state index in [1.54, 1.807) is 4.31 Å². The first-order valence-corrected chi connectivity index (χ1v) is 14.1. The molecule has 184 valence electrons. The van der Waals surface area contributed by atoms with Crippen molar-refractivity contribution in [1.29, 1.82) is 5.26 Å². The van der Waals surface area contributed by atoms with Gasteiger partial charge in [0.15, 0.2) is 0 Å². The van der Waals surface area contributed by atoms with Gasteiger partial charge in [0.2, 0.25) is 15.9 Å². The van der Waals surface area contributed by atoms with Crippen LogP contribution in [0.3, 0.4) is 0 Å². The molecule has 3 aliphatic heterocycles. The van der Waals surface area contributed by atoms with Gasteiger partial charge in [-0.3, -0.25) is 4.79 Å². The molecule has 4 aliphatic rings. The van der Waals surface area contributed by atoms with Crippen LogP contribution >= 0.6 is 0 Å². The monoisotopic (exact) mass is 486 g/mol. The molecule has 0 aromatic heterocycles. The Kier molecular flexibility index (Phi) is 6.80. The van der Waals surface area contributed by atoms with E-state index in [1.807, 2.05) is 24.3 Å². The quantitative estimate of drug-likeness (QED) is 0.561. The first-order valence-electron chi connectivity index (χ1n) is 12.5. The molecule has 1 aromatic carbocycles. The van der Waals surface area contributed by atoms with Crippen molar-refractivity contribution in [1.82, 2.24) is 20.1 Å². The van der Waals surface area contributed by atoms with Gasteiger partial charge >= 0.3 is 0 Å². The number of hydrogen-bond acceptors (Lipinski definition) is 7. The van der Waals surface area contributed by atoms with Gasteiger partial charge in [0.05, 0.1) is 23.7 Å². The number of hydrogen-bond donors (Lipinski definition) is 3. The van der Waals surface area contributed by atoms with Gasteiger partial charge < -0.3 is 10.6 Å². The first-order chi connectivity index (χ1) is 16.5. The van der Waals surface area contributed by atoms with Crippen LogP contribution in [0.1, 0.15) is 50.5 Å². The lowest BCUT2D eigenvalue weighted by Gasteiger charge is -2.39. The van der Waals surface area contributed by atoms with Gasteiger partial charge in [-0.1, -0.05) is 25.0 Å². The molecule has 3 heterocycles. The van der Waals surface area contributed by atoms with Gasteiger partial charge in [0.25, 0.3) is 0 Å². The molecule has 34 heavy (non-hydrogen) atoms. The molecule has 10 heteroatoms. The number of rotatable bonds is 6. The van der Waals surface area contributed by atoms with Gasteiger partial charge in [0.1, 0.15) is 6.17 Å². The van der Waals surface area contributed by atoms with E-state index in [1.165, 1.54) is 0 Å². The van der Waals surface area contributed by atoms with Crippen LogP contribution in [0.2, 0.25) is 0 Å². The molecule has 1 saturated carbocycles. The number of nitrogens with zero attached hydrogens (tertiary/aromatic N) is 3. The van der Waals surface area contributed by atoms with Crippen molar-refractivity contribution in [2.45, 2.75) is 68.9 Å². The van der Waals surface area contributed by atoms with E-state index in [-0.39, 0.29) is 41.7 Å². The molecular weight excluding hydrogens is 452 g/mol. The zero-order valence-electron chi connectivity index (χ0n) is 19.4.